The Morgan fingerprint density at radius 1 is 1.02 bits per heavy atom. The van der Waals surface area contributed by atoms with Crippen LogP contribution in [0.2, 0.25) is 0 Å². The van der Waals surface area contributed by atoms with Crippen LogP contribution in [0.25, 0.3) is 11.0 Å². The molecule has 1 atom stereocenters. The van der Waals surface area contributed by atoms with Crippen molar-refractivity contribution in [2.75, 3.05) is 25.1 Å². The lowest BCUT2D eigenvalue weighted by molar-refractivity contribution is -0.148. The molecule has 2 aromatic carbocycles. The number of nitrogens with one attached hydrogen (secondary N) is 1. The number of rotatable bonds is 9. The zero-order valence-corrected chi connectivity index (χ0v) is 22.4. The Kier molecular flexibility index (Phi) is 8.33. The molecule has 0 radical (unpaired) electrons. The number of hydrogen-bond acceptors (Lipinski definition) is 9. The van der Waals surface area contributed by atoms with Gasteiger partial charge in [0.1, 0.15) is 24.8 Å². The number of benzene rings is 2. The first-order valence-corrected chi connectivity index (χ1v) is 13.5. The predicted molar refractivity (Wildman–Crippen MR) is 146 cm³/mol. The third-order valence-electron chi connectivity index (χ3n) is 7.34. The summed E-state index contributed by atoms with van der Waals surface area (Å²) in [4.78, 5) is 52.2. The van der Waals surface area contributed by atoms with E-state index in [0.29, 0.717) is 11.1 Å². The van der Waals surface area contributed by atoms with Gasteiger partial charge in [0.2, 0.25) is 0 Å². The summed E-state index contributed by atoms with van der Waals surface area (Å²) in [7, 11) is 1.24. The number of nitrogens with zero attached hydrogens (tertiary/aromatic N) is 1. The standard InChI is InChI=1S/C30H32N2O8/c1-37-25(33)12-11-24(31-30(36)39-17-19-7-3-2-4-8-19)29(35)38-18-21-16-26(34)40-28-22-10-6-14-32-13-5-9-20(27(22)32)15-23(21)28/h2-4,7-8,15-16,24H,5-6,9-14,17-18H2,1H3,(H,31,36)/t24-/m0/s1. The van der Waals surface area contributed by atoms with Crippen molar-refractivity contribution in [3.8, 4) is 0 Å². The number of carbonyl (C=O) groups excluding carboxylic acids is 3. The third kappa shape index (κ3) is 6.11. The molecule has 0 saturated heterocycles. The lowest BCUT2D eigenvalue weighted by atomic mass is 9.89. The molecular formula is C30H32N2O8. The maximum Gasteiger partial charge on any atom is 0.408 e. The Hall–Kier alpha value is -4.34. The highest BCUT2D eigenvalue weighted by Crippen LogP contribution is 2.40. The summed E-state index contributed by atoms with van der Waals surface area (Å²) < 4.78 is 21.2. The number of ether oxygens (including phenoxy) is 3. The highest BCUT2D eigenvalue weighted by atomic mass is 16.6. The van der Waals surface area contributed by atoms with Crippen molar-refractivity contribution in [2.45, 2.75) is 57.8 Å². The fraction of sp³-hybridized carbons (Fsp3) is 0.400. The molecule has 0 aliphatic carbocycles. The van der Waals surface area contributed by atoms with Gasteiger partial charge in [-0.3, -0.25) is 4.79 Å². The number of carbonyl (C=O) groups is 3. The fourth-order valence-electron chi connectivity index (χ4n) is 5.43. The maximum atomic E-state index is 13.1. The monoisotopic (exact) mass is 548 g/mol. The number of alkyl carbamates (subject to hydrolysis) is 1. The van der Waals surface area contributed by atoms with E-state index in [9.17, 15) is 19.2 Å². The highest BCUT2D eigenvalue weighted by molar-refractivity contribution is 5.91. The van der Waals surface area contributed by atoms with Crippen molar-refractivity contribution >= 4 is 34.7 Å². The van der Waals surface area contributed by atoms with Gasteiger partial charge in [-0.1, -0.05) is 30.3 Å². The molecule has 10 nitrogen and oxygen atoms in total. The van der Waals surface area contributed by atoms with Gasteiger partial charge in [-0.2, -0.15) is 0 Å². The van der Waals surface area contributed by atoms with E-state index >= 15 is 0 Å². The third-order valence-corrected chi connectivity index (χ3v) is 7.34. The molecule has 3 aromatic rings. The Morgan fingerprint density at radius 3 is 2.58 bits per heavy atom. The summed E-state index contributed by atoms with van der Waals surface area (Å²) in [5.74, 6) is -1.29. The van der Waals surface area contributed by atoms with Gasteiger partial charge in [-0.15, -0.1) is 0 Å². The van der Waals surface area contributed by atoms with Crippen molar-refractivity contribution < 1.29 is 33.0 Å². The van der Waals surface area contributed by atoms with E-state index in [0.717, 1.165) is 55.3 Å². The van der Waals surface area contributed by atoms with Gasteiger partial charge in [0.05, 0.1) is 7.11 Å². The van der Waals surface area contributed by atoms with Crippen LogP contribution in [-0.4, -0.2) is 44.3 Å². The zero-order valence-electron chi connectivity index (χ0n) is 22.4. The minimum atomic E-state index is -1.16. The van der Waals surface area contributed by atoms with Crippen molar-refractivity contribution in [2.24, 2.45) is 0 Å². The maximum absolute atomic E-state index is 13.1. The summed E-state index contributed by atoms with van der Waals surface area (Å²) in [6.07, 6.45) is 2.78. The summed E-state index contributed by atoms with van der Waals surface area (Å²) in [5.41, 5.74) is 4.73. The fourth-order valence-corrected chi connectivity index (χ4v) is 5.43. The number of methoxy groups -OCH3 is 1. The molecule has 40 heavy (non-hydrogen) atoms. The predicted octanol–water partition coefficient (Wildman–Crippen LogP) is 3.78. The second kappa shape index (κ2) is 12.2. The van der Waals surface area contributed by atoms with Crippen LogP contribution in [0.4, 0.5) is 10.5 Å². The molecule has 0 saturated carbocycles. The van der Waals surface area contributed by atoms with E-state index in [2.05, 4.69) is 15.0 Å². The highest BCUT2D eigenvalue weighted by Gasteiger charge is 2.29. The van der Waals surface area contributed by atoms with Crippen LogP contribution in [0.15, 0.2) is 51.7 Å². The summed E-state index contributed by atoms with van der Waals surface area (Å²) in [6, 6.07) is 11.3. The molecule has 0 fully saturated rings. The SMILES string of the molecule is COC(=O)CC[C@H](NC(=O)OCc1ccccc1)C(=O)OCc1cc(=O)oc2c3c4c(cc12)CCCN4CCC3. The summed E-state index contributed by atoms with van der Waals surface area (Å²) in [5, 5.41) is 3.24. The van der Waals surface area contributed by atoms with Crippen LogP contribution in [0.1, 0.15) is 47.9 Å². The molecule has 1 amide bonds. The van der Waals surface area contributed by atoms with Crippen LogP contribution >= 0.6 is 0 Å². The lowest BCUT2D eigenvalue weighted by Gasteiger charge is -2.37. The molecule has 1 N–H and O–H groups in total. The number of hydrogen-bond donors (Lipinski definition) is 1. The van der Waals surface area contributed by atoms with E-state index in [1.165, 1.54) is 24.4 Å². The number of esters is 2. The number of amides is 1. The number of aryl methyl sites for hydroxylation is 2. The second-order valence-electron chi connectivity index (χ2n) is 10.0. The van der Waals surface area contributed by atoms with Gasteiger partial charge in [-0.05, 0) is 49.3 Å². The van der Waals surface area contributed by atoms with Gasteiger partial charge < -0.3 is 28.8 Å². The molecule has 0 unspecified atom stereocenters. The van der Waals surface area contributed by atoms with Gasteiger partial charge in [-0.25, -0.2) is 14.4 Å². The molecular weight excluding hydrogens is 516 g/mol. The van der Waals surface area contributed by atoms with Gasteiger partial charge in [0, 0.05) is 47.8 Å². The topological polar surface area (TPSA) is 124 Å². The summed E-state index contributed by atoms with van der Waals surface area (Å²) >= 11 is 0. The Bertz CT molecular complexity index is 1460. The molecule has 10 heteroatoms. The Balaban J connectivity index is 1.32. The normalized spacial score (nSPS) is 14.7. The Morgan fingerprint density at radius 2 is 1.80 bits per heavy atom. The van der Waals surface area contributed by atoms with Gasteiger partial charge in [0.25, 0.3) is 0 Å². The van der Waals surface area contributed by atoms with Crippen molar-refractivity contribution in [1.82, 2.24) is 5.32 Å². The van der Waals surface area contributed by atoms with Crippen molar-refractivity contribution in [3.63, 3.8) is 0 Å². The van der Waals surface area contributed by atoms with Gasteiger partial charge in [0.15, 0.2) is 0 Å². The van der Waals surface area contributed by atoms with Crippen molar-refractivity contribution in [1.29, 1.82) is 0 Å². The minimum absolute atomic E-state index is 0.0152. The number of fused-ring (bicyclic) bond motifs is 2. The summed E-state index contributed by atoms with van der Waals surface area (Å²) in [6.45, 7) is 1.79. The quantitative estimate of drug-likeness (QED) is 0.242. The average Bonchev–Trinajstić information content (AvgIpc) is 2.97. The Labute approximate surface area is 231 Å². The first-order valence-electron chi connectivity index (χ1n) is 13.5. The van der Waals surface area contributed by atoms with Crippen LogP contribution < -0.4 is 15.8 Å². The molecule has 0 spiro atoms. The first-order chi connectivity index (χ1) is 19.4. The van der Waals surface area contributed by atoms with E-state index in [1.807, 2.05) is 24.3 Å². The molecule has 2 aliphatic heterocycles. The molecule has 0 bridgehead atoms. The minimum Gasteiger partial charge on any atom is -0.469 e. The largest absolute Gasteiger partial charge is 0.469 e. The van der Waals surface area contributed by atoms with Crippen LogP contribution in [0, 0.1) is 0 Å². The van der Waals surface area contributed by atoms with Gasteiger partial charge >= 0.3 is 23.7 Å². The molecule has 5 rings (SSSR count). The van der Waals surface area contributed by atoms with Crippen molar-refractivity contribution in [3.05, 3.63) is 75.1 Å². The average molecular weight is 549 g/mol. The first kappa shape index (κ1) is 27.2. The van der Waals surface area contributed by atoms with E-state index in [1.54, 1.807) is 12.1 Å². The lowest BCUT2D eigenvalue weighted by Crippen LogP contribution is -2.42. The van der Waals surface area contributed by atoms with Crippen LogP contribution in [-0.2, 0) is 49.9 Å². The van der Waals surface area contributed by atoms with E-state index in [-0.39, 0.29) is 26.1 Å². The van der Waals surface area contributed by atoms with E-state index < -0.39 is 29.7 Å². The molecule has 210 valence electrons. The smallest absolute Gasteiger partial charge is 0.408 e. The van der Waals surface area contributed by atoms with E-state index in [4.69, 9.17) is 13.9 Å². The molecule has 2 aliphatic rings. The van der Waals surface area contributed by atoms with Crippen LogP contribution in [0.3, 0.4) is 0 Å². The molecule has 1 aromatic heterocycles. The second-order valence-corrected chi connectivity index (χ2v) is 10.0. The zero-order chi connectivity index (χ0) is 28.1. The molecule has 3 heterocycles. The van der Waals surface area contributed by atoms with Crippen LogP contribution in [0.5, 0.6) is 0 Å². The number of anilines is 1.